The van der Waals surface area contributed by atoms with Crippen LogP contribution in [0.25, 0.3) is 0 Å². The molecule has 1 saturated heterocycles. The summed E-state index contributed by atoms with van der Waals surface area (Å²) in [7, 11) is 0. The molecule has 136 valence electrons. The normalized spacial score (nSPS) is 15.3. The topological polar surface area (TPSA) is 121 Å². The Morgan fingerprint density at radius 2 is 2.19 bits per heavy atom. The third-order valence-electron chi connectivity index (χ3n) is 3.55. The molecule has 1 aliphatic heterocycles. The van der Waals surface area contributed by atoms with Gasteiger partial charge < -0.3 is 14.5 Å². The summed E-state index contributed by atoms with van der Waals surface area (Å²) in [4.78, 5) is 24.3. The maximum Gasteiger partial charge on any atom is 0.324 e. The van der Waals surface area contributed by atoms with E-state index in [1.54, 1.807) is 24.3 Å². The fraction of sp³-hybridized carbons (Fsp3) is 0.267. The summed E-state index contributed by atoms with van der Waals surface area (Å²) < 4.78 is 5.49. The molecule has 1 aromatic carbocycles. The first kappa shape index (κ1) is 18.2. The lowest BCUT2D eigenvalue weighted by Crippen LogP contribution is -2.48. The molecular formula is C15H14ClN5O4S. The molecule has 1 aromatic heterocycles. The number of urea groups is 1. The molecule has 0 aliphatic carbocycles. The summed E-state index contributed by atoms with van der Waals surface area (Å²) in [6.45, 7) is 0.404. The summed E-state index contributed by atoms with van der Waals surface area (Å²) in [6, 6.07) is 6.53. The van der Waals surface area contributed by atoms with Crippen LogP contribution in [0.4, 0.5) is 4.79 Å². The van der Waals surface area contributed by atoms with Crippen molar-refractivity contribution in [1.29, 1.82) is 0 Å². The Morgan fingerprint density at radius 3 is 2.92 bits per heavy atom. The van der Waals surface area contributed by atoms with Crippen molar-refractivity contribution in [2.24, 2.45) is 5.16 Å². The van der Waals surface area contributed by atoms with Gasteiger partial charge in [0.25, 0.3) is 5.22 Å². The van der Waals surface area contributed by atoms with Gasteiger partial charge >= 0.3 is 6.03 Å². The zero-order valence-electron chi connectivity index (χ0n) is 13.4. The first-order valence-electron chi connectivity index (χ1n) is 7.56. The minimum absolute atomic E-state index is 0.109. The molecule has 11 heteroatoms. The number of aromatic nitrogens is 2. The summed E-state index contributed by atoms with van der Waals surface area (Å²) in [5.41, 5.74) is 0.979. The van der Waals surface area contributed by atoms with Crippen LogP contribution in [0.3, 0.4) is 0 Å². The van der Waals surface area contributed by atoms with Crippen LogP contribution in [0.1, 0.15) is 17.9 Å². The van der Waals surface area contributed by atoms with E-state index in [9.17, 15) is 14.8 Å². The van der Waals surface area contributed by atoms with Gasteiger partial charge in [-0.15, -0.1) is 10.2 Å². The summed E-state index contributed by atoms with van der Waals surface area (Å²) in [5.74, 6) is 0.209. The molecule has 26 heavy (non-hydrogen) atoms. The number of carbonyl (C=O) groups is 2. The molecule has 0 saturated carbocycles. The lowest BCUT2D eigenvalue weighted by Gasteiger charge is -2.24. The third kappa shape index (κ3) is 4.33. The van der Waals surface area contributed by atoms with E-state index in [1.807, 2.05) is 0 Å². The molecule has 1 aliphatic rings. The van der Waals surface area contributed by atoms with E-state index >= 15 is 0 Å². The van der Waals surface area contributed by atoms with Crippen LogP contribution in [0.15, 0.2) is 39.1 Å². The highest BCUT2D eigenvalue weighted by molar-refractivity contribution is 7.99. The second kappa shape index (κ2) is 8.19. The molecule has 0 radical (unpaired) electrons. The van der Waals surface area contributed by atoms with Crippen molar-refractivity contribution in [2.75, 3.05) is 12.3 Å². The number of oxime groups is 1. The highest BCUT2D eigenvalue weighted by Gasteiger charge is 2.24. The standard InChI is InChI=1S/C15H14ClN5O4S/c16-10-4-2-1-3-9(10)11(20-24)8-26-15-19-18-13(25-15)7-21-6-5-12(22)17-14(21)23/h1-4,24H,5-8H2,(H,17,22,23)/b20-11-. The first-order chi connectivity index (χ1) is 12.6. The Labute approximate surface area is 157 Å². The number of rotatable bonds is 6. The monoisotopic (exact) mass is 395 g/mol. The average Bonchev–Trinajstić information content (AvgIpc) is 3.07. The number of benzene rings is 1. The number of hydrogen-bond donors (Lipinski definition) is 2. The van der Waals surface area contributed by atoms with E-state index in [-0.39, 0.29) is 35.7 Å². The number of hydrogen-bond acceptors (Lipinski definition) is 8. The second-order valence-electron chi connectivity index (χ2n) is 5.30. The molecule has 2 aromatic rings. The van der Waals surface area contributed by atoms with E-state index in [0.717, 1.165) is 0 Å². The smallest absolute Gasteiger partial charge is 0.324 e. The summed E-state index contributed by atoms with van der Waals surface area (Å²) >= 11 is 7.27. The van der Waals surface area contributed by atoms with Crippen LogP contribution in [-0.4, -0.2) is 50.3 Å². The fourth-order valence-electron chi connectivity index (χ4n) is 2.26. The molecule has 0 unspecified atom stereocenters. The Morgan fingerprint density at radius 1 is 1.38 bits per heavy atom. The largest absolute Gasteiger partial charge is 0.414 e. The van der Waals surface area contributed by atoms with E-state index in [4.69, 9.17) is 16.0 Å². The molecule has 9 nitrogen and oxygen atoms in total. The van der Waals surface area contributed by atoms with Crippen molar-refractivity contribution >= 4 is 41.0 Å². The lowest BCUT2D eigenvalue weighted by molar-refractivity contribution is -0.121. The van der Waals surface area contributed by atoms with Crippen LogP contribution < -0.4 is 5.32 Å². The molecule has 1 fully saturated rings. The van der Waals surface area contributed by atoms with Crippen molar-refractivity contribution in [3.63, 3.8) is 0 Å². The highest BCUT2D eigenvalue weighted by atomic mass is 35.5. The van der Waals surface area contributed by atoms with Crippen LogP contribution >= 0.6 is 23.4 Å². The molecule has 2 heterocycles. The van der Waals surface area contributed by atoms with Gasteiger partial charge in [0.2, 0.25) is 11.8 Å². The van der Waals surface area contributed by atoms with Crippen LogP contribution in [-0.2, 0) is 11.3 Å². The lowest BCUT2D eigenvalue weighted by atomic mass is 10.1. The van der Waals surface area contributed by atoms with Crippen LogP contribution in [0.5, 0.6) is 0 Å². The van der Waals surface area contributed by atoms with Crippen molar-refractivity contribution in [2.45, 2.75) is 18.2 Å². The minimum atomic E-state index is -0.484. The Balaban J connectivity index is 1.59. The van der Waals surface area contributed by atoms with E-state index in [1.165, 1.54) is 16.7 Å². The van der Waals surface area contributed by atoms with Gasteiger partial charge in [0.05, 0.1) is 5.71 Å². The molecule has 3 rings (SSSR count). The number of thioether (sulfide) groups is 1. The third-order valence-corrected chi connectivity index (χ3v) is 4.71. The van der Waals surface area contributed by atoms with Gasteiger partial charge in [-0.05, 0) is 6.07 Å². The van der Waals surface area contributed by atoms with Gasteiger partial charge in [-0.2, -0.15) is 0 Å². The number of imide groups is 1. The quantitative estimate of drug-likeness (QED) is 0.332. The van der Waals surface area contributed by atoms with Crippen molar-refractivity contribution in [1.82, 2.24) is 20.4 Å². The Bertz CT molecular complexity index is 856. The highest BCUT2D eigenvalue weighted by Crippen LogP contribution is 2.22. The maximum absolute atomic E-state index is 11.7. The predicted molar refractivity (Wildman–Crippen MR) is 93.4 cm³/mol. The molecular weight excluding hydrogens is 382 g/mol. The fourth-order valence-corrected chi connectivity index (χ4v) is 3.23. The summed E-state index contributed by atoms with van der Waals surface area (Å²) in [5, 5.41) is 23.2. The van der Waals surface area contributed by atoms with Gasteiger partial charge in [0.15, 0.2) is 0 Å². The van der Waals surface area contributed by atoms with Crippen LogP contribution in [0, 0.1) is 0 Å². The SMILES string of the molecule is O=C1CCN(Cc2nnc(SC/C(=N/O)c3ccccc3Cl)o2)C(=O)N1. The number of carbonyl (C=O) groups excluding carboxylic acids is 2. The van der Waals surface area contributed by atoms with E-state index < -0.39 is 6.03 Å². The van der Waals surface area contributed by atoms with Crippen molar-refractivity contribution in [3.8, 4) is 0 Å². The van der Waals surface area contributed by atoms with Gasteiger partial charge in [-0.3, -0.25) is 10.1 Å². The van der Waals surface area contributed by atoms with Crippen molar-refractivity contribution in [3.05, 3.63) is 40.7 Å². The number of nitrogens with zero attached hydrogens (tertiary/aromatic N) is 4. The molecule has 2 N–H and O–H groups in total. The summed E-state index contributed by atoms with van der Waals surface area (Å²) in [6.07, 6.45) is 0.232. The number of halogens is 1. The van der Waals surface area contributed by atoms with Gasteiger partial charge in [0.1, 0.15) is 6.54 Å². The number of nitrogens with one attached hydrogen (secondary N) is 1. The Hall–Kier alpha value is -2.59. The van der Waals surface area contributed by atoms with Crippen LogP contribution in [0.2, 0.25) is 5.02 Å². The zero-order valence-corrected chi connectivity index (χ0v) is 15.0. The first-order valence-corrected chi connectivity index (χ1v) is 8.93. The zero-order chi connectivity index (χ0) is 18.5. The maximum atomic E-state index is 11.7. The minimum Gasteiger partial charge on any atom is -0.414 e. The number of amides is 3. The van der Waals surface area contributed by atoms with E-state index in [0.29, 0.717) is 22.8 Å². The van der Waals surface area contributed by atoms with Crippen molar-refractivity contribution < 1.29 is 19.2 Å². The second-order valence-corrected chi connectivity index (χ2v) is 6.64. The van der Waals surface area contributed by atoms with Gasteiger partial charge in [-0.25, -0.2) is 4.79 Å². The molecule has 0 spiro atoms. The average molecular weight is 396 g/mol. The molecule has 0 atom stereocenters. The molecule has 3 amide bonds. The molecule has 0 bridgehead atoms. The predicted octanol–water partition coefficient (Wildman–Crippen LogP) is 2.14. The Kier molecular flexibility index (Phi) is 5.74. The van der Waals surface area contributed by atoms with E-state index in [2.05, 4.69) is 20.7 Å². The van der Waals surface area contributed by atoms with Gasteiger partial charge in [0, 0.05) is 29.3 Å². The van der Waals surface area contributed by atoms with Gasteiger partial charge in [-0.1, -0.05) is 46.7 Å².